The largest absolute Gasteiger partial charge is 0.449 e. The molecule has 0 fully saturated rings. The zero-order chi connectivity index (χ0) is 17.5. The minimum absolute atomic E-state index is 0.0797. The third-order valence-corrected chi connectivity index (χ3v) is 4.29. The zero-order valence-electron chi connectivity index (χ0n) is 14.4. The van der Waals surface area contributed by atoms with Gasteiger partial charge in [-0.15, -0.1) is 0 Å². The van der Waals surface area contributed by atoms with Gasteiger partial charge in [0.15, 0.2) is 0 Å². The average Bonchev–Trinajstić information content (AvgIpc) is 2.97. The Balaban J connectivity index is 1.52. The normalized spacial score (nSPS) is 12.5. The predicted octanol–water partition coefficient (Wildman–Crippen LogP) is 3.19. The number of nitrogens with one attached hydrogen (secondary N) is 1. The summed E-state index contributed by atoms with van der Waals surface area (Å²) in [7, 11) is 1.62. The molecule has 0 atom stereocenters. The highest BCUT2D eigenvalue weighted by molar-refractivity contribution is 5.79. The number of alkyl carbamates (subject to hydrolysis) is 1. The fourth-order valence-corrected chi connectivity index (χ4v) is 3.12. The van der Waals surface area contributed by atoms with E-state index in [2.05, 4.69) is 29.6 Å². The van der Waals surface area contributed by atoms with E-state index in [1.165, 1.54) is 22.3 Å². The van der Waals surface area contributed by atoms with Crippen molar-refractivity contribution in [1.82, 2.24) is 5.32 Å². The Labute approximate surface area is 147 Å². The van der Waals surface area contributed by atoms with Crippen molar-refractivity contribution in [2.45, 2.75) is 5.92 Å². The molecule has 0 spiro atoms. The number of carbonyl (C=O) groups is 1. The molecule has 0 bridgehead atoms. The Morgan fingerprint density at radius 1 is 0.960 bits per heavy atom. The molecule has 1 aliphatic carbocycles. The summed E-state index contributed by atoms with van der Waals surface area (Å²) in [6, 6.07) is 16.6. The van der Waals surface area contributed by atoms with Crippen LogP contribution in [-0.4, -0.2) is 46.2 Å². The summed E-state index contributed by atoms with van der Waals surface area (Å²) >= 11 is 0. The first-order valence-corrected chi connectivity index (χ1v) is 8.47. The van der Waals surface area contributed by atoms with Crippen LogP contribution in [0.4, 0.5) is 4.79 Å². The van der Waals surface area contributed by atoms with Crippen LogP contribution < -0.4 is 5.32 Å². The van der Waals surface area contributed by atoms with Gasteiger partial charge in [-0.1, -0.05) is 48.5 Å². The van der Waals surface area contributed by atoms with Gasteiger partial charge in [-0.25, -0.2) is 4.79 Å². The van der Waals surface area contributed by atoms with Crippen LogP contribution in [0.3, 0.4) is 0 Å². The summed E-state index contributed by atoms with van der Waals surface area (Å²) in [5, 5.41) is 2.70. The zero-order valence-corrected chi connectivity index (χ0v) is 14.4. The van der Waals surface area contributed by atoms with Crippen molar-refractivity contribution in [3.05, 3.63) is 59.7 Å². The van der Waals surface area contributed by atoms with Gasteiger partial charge in [-0.3, -0.25) is 0 Å². The molecule has 25 heavy (non-hydrogen) atoms. The van der Waals surface area contributed by atoms with Gasteiger partial charge in [0, 0.05) is 19.6 Å². The topological polar surface area (TPSA) is 56.8 Å². The Hall–Kier alpha value is -2.37. The molecule has 3 rings (SSSR count). The molecule has 2 aromatic carbocycles. The molecule has 2 aromatic rings. The van der Waals surface area contributed by atoms with Crippen LogP contribution in [0.15, 0.2) is 48.5 Å². The van der Waals surface area contributed by atoms with E-state index in [1.54, 1.807) is 7.11 Å². The molecule has 0 saturated carbocycles. The number of fused-ring (bicyclic) bond motifs is 3. The second kappa shape index (κ2) is 8.65. The second-order valence-corrected chi connectivity index (χ2v) is 5.86. The second-order valence-electron chi connectivity index (χ2n) is 5.86. The molecule has 0 radical (unpaired) electrons. The van der Waals surface area contributed by atoms with Gasteiger partial charge < -0.3 is 19.5 Å². The van der Waals surface area contributed by atoms with Crippen LogP contribution in [0.25, 0.3) is 11.1 Å². The highest BCUT2D eigenvalue weighted by atomic mass is 16.5. The third-order valence-electron chi connectivity index (χ3n) is 4.29. The quantitative estimate of drug-likeness (QED) is 0.749. The van der Waals surface area contributed by atoms with E-state index in [4.69, 9.17) is 14.2 Å². The maximum absolute atomic E-state index is 11.9. The van der Waals surface area contributed by atoms with Crippen LogP contribution >= 0.6 is 0 Å². The van der Waals surface area contributed by atoms with Crippen molar-refractivity contribution in [1.29, 1.82) is 0 Å². The highest BCUT2D eigenvalue weighted by Gasteiger charge is 2.28. The van der Waals surface area contributed by atoms with E-state index in [1.807, 2.05) is 24.3 Å². The monoisotopic (exact) mass is 341 g/mol. The van der Waals surface area contributed by atoms with Crippen LogP contribution in [0.2, 0.25) is 0 Å². The van der Waals surface area contributed by atoms with Gasteiger partial charge in [0.2, 0.25) is 0 Å². The molecule has 0 aromatic heterocycles. The molecule has 0 unspecified atom stereocenters. The lowest BCUT2D eigenvalue weighted by Gasteiger charge is -2.14. The smallest absolute Gasteiger partial charge is 0.407 e. The van der Waals surface area contributed by atoms with E-state index in [0.29, 0.717) is 33.0 Å². The minimum atomic E-state index is -0.419. The number of methoxy groups -OCH3 is 1. The summed E-state index contributed by atoms with van der Waals surface area (Å²) in [5.74, 6) is 0.0797. The molecule has 0 aliphatic heterocycles. The average molecular weight is 341 g/mol. The maximum Gasteiger partial charge on any atom is 0.407 e. The molecular weight excluding hydrogens is 318 g/mol. The molecule has 132 valence electrons. The van der Waals surface area contributed by atoms with Gasteiger partial charge in [-0.05, 0) is 22.3 Å². The van der Waals surface area contributed by atoms with E-state index in [0.717, 1.165) is 0 Å². The van der Waals surface area contributed by atoms with Gasteiger partial charge in [0.05, 0.1) is 19.8 Å². The van der Waals surface area contributed by atoms with Gasteiger partial charge in [0.1, 0.15) is 6.61 Å². The molecule has 0 saturated heterocycles. The van der Waals surface area contributed by atoms with Gasteiger partial charge >= 0.3 is 6.09 Å². The number of benzene rings is 2. The Bertz CT molecular complexity index is 671. The van der Waals surface area contributed by atoms with E-state index < -0.39 is 6.09 Å². The van der Waals surface area contributed by atoms with Crippen molar-refractivity contribution in [3.8, 4) is 11.1 Å². The molecular formula is C20H23NO4. The van der Waals surface area contributed by atoms with Crippen molar-refractivity contribution in [2.75, 3.05) is 40.1 Å². The fraction of sp³-hybridized carbons (Fsp3) is 0.350. The summed E-state index contributed by atoms with van der Waals surface area (Å²) in [6.45, 7) is 2.24. The van der Waals surface area contributed by atoms with Crippen molar-refractivity contribution in [2.24, 2.45) is 0 Å². The lowest BCUT2D eigenvalue weighted by Crippen LogP contribution is -2.29. The molecule has 5 nitrogen and oxygen atoms in total. The first-order valence-electron chi connectivity index (χ1n) is 8.47. The summed E-state index contributed by atoms with van der Waals surface area (Å²) in [6.07, 6.45) is -0.419. The van der Waals surface area contributed by atoms with E-state index in [9.17, 15) is 4.79 Å². The summed E-state index contributed by atoms with van der Waals surface area (Å²) < 4.78 is 15.6. The highest BCUT2D eigenvalue weighted by Crippen LogP contribution is 2.44. The number of amides is 1. The molecule has 1 amide bonds. The Morgan fingerprint density at radius 2 is 1.60 bits per heavy atom. The number of rotatable bonds is 8. The summed E-state index contributed by atoms with van der Waals surface area (Å²) in [4.78, 5) is 11.9. The number of carbonyl (C=O) groups excluding carboxylic acids is 1. The summed E-state index contributed by atoms with van der Waals surface area (Å²) in [5.41, 5.74) is 4.86. The molecule has 1 aliphatic rings. The minimum Gasteiger partial charge on any atom is -0.449 e. The first kappa shape index (κ1) is 17.5. The first-order chi connectivity index (χ1) is 12.3. The number of hydrogen-bond donors (Lipinski definition) is 1. The van der Waals surface area contributed by atoms with Crippen molar-refractivity contribution >= 4 is 6.09 Å². The van der Waals surface area contributed by atoms with Crippen LogP contribution in [-0.2, 0) is 14.2 Å². The lowest BCUT2D eigenvalue weighted by molar-refractivity contribution is 0.0705. The molecule has 1 N–H and O–H groups in total. The van der Waals surface area contributed by atoms with Crippen molar-refractivity contribution < 1.29 is 19.0 Å². The van der Waals surface area contributed by atoms with Gasteiger partial charge in [-0.2, -0.15) is 0 Å². The van der Waals surface area contributed by atoms with E-state index >= 15 is 0 Å². The Kier molecular flexibility index (Phi) is 6.04. The van der Waals surface area contributed by atoms with Crippen LogP contribution in [0, 0.1) is 0 Å². The third kappa shape index (κ3) is 4.18. The van der Waals surface area contributed by atoms with E-state index in [-0.39, 0.29) is 5.92 Å². The van der Waals surface area contributed by atoms with Crippen molar-refractivity contribution in [3.63, 3.8) is 0 Å². The van der Waals surface area contributed by atoms with Crippen LogP contribution in [0.1, 0.15) is 17.0 Å². The predicted molar refractivity (Wildman–Crippen MR) is 95.8 cm³/mol. The SMILES string of the molecule is COCCOCCNC(=O)OCC1c2ccccc2-c2ccccc21. The van der Waals surface area contributed by atoms with Crippen LogP contribution in [0.5, 0.6) is 0 Å². The lowest BCUT2D eigenvalue weighted by atomic mass is 9.98. The molecule has 5 heteroatoms. The number of ether oxygens (including phenoxy) is 3. The standard InChI is InChI=1S/C20H23NO4/c1-23-12-13-24-11-10-21-20(22)25-14-19-17-8-4-2-6-15(17)16-7-3-5-9-18(16)19/h2-9,19H,10-14H2,1H3,(H,21,22). The van der Waals surface area contributed by atoms with Gasteiger partial charge in [0.25, 0.3) is 0 Å². The Morgan fingerprint density at radius 3 is 2.24 bits per heavy atom. The molecule has 0 heterocycles. The maximum atomic E-state index is 11.9. The number of hydrogen-bond acceptors (Lipinski definition) is 4. The fourth-order valence-electron chi connectivity index (χ4n) is 3.12.